The predicted octanol–water partition coefficient (Wildman–Crippen LogP) is 3.25. The first kappa shape index (κ1) is 12.2. The molecule has 3 heteroatoms. The zero-order chi connectivity index (χ0) is 12.6. The molecule has 0 fully saturated rings. The molecule has 0 unspecified atom stereocenters. The summed E-state index contributed by atoms with van der Waals surface area (Å²) in [5.74, 6) is 0.812. The number of rotatable bonds is 5. The van der Waals surface area contributed by atoms with Crippen molar-refractivity contribution in [1.82, 2.24) is 0 Å². The summed E-state index contributed by atoms with van der Waals surface area (Å²) in [6.07, 6.45) is 1.69. The molecule has 0 atom stereocenters. The maximum atomic E-state index is 5.26. The van der Waals surface area contributed by atoms with Crippen molar-refractivity contribution in [2.45, 2.75) is 6.61 Å². The van der Waals surface area contributed by atoms with E-state index in [1.54, 1.807) is 13.3 Å². The van der Waals surface area contributed by atoms with Crippen LogP contribution in [0.5, 0.6) is 5.75 Å². The number of nitrogens with zero attached hydrogens (tertiary/aromatic N) is 1. The maximum absolute atomic E-state index is 5.26. The fourth-order valence-corrected chi connectivity index (χ4v) is 1.57. The molecule has 0 aliphatic carbocycles. The van der Waals surface area contributed by atoms with Crippen LogP contribution in [0.2, 0.25) is 0 Å². The third-order valence-electron chi connectivity index (χ3n) is 2.49. The number of ether oxygens (including phenoxy) is 1. The summed E-state index contributed by atoms with van der Waals surface area (Å²) in [5, 5.41) is 3.93. The molecule has 2 rings (SSSR count). The summed E-state index contributed by atoms with van der Waals surface area (Å²) in [7, 11) is 1.64. The molecule has 0 N–H and O–H groups in total. The van der Waals surface area contributed by atoms with Gasteiger partial charge in [0.25, 0.3) is 0 Å². The van der Waals surface area contributed by atoms with Crippen LogP contribution >= 0.6 is 0 Å². The zero-order valence-electron chi connectivity index (χ0n) is 10.2. The van der Waals surface area contributed by atoms with Gasteiger partial charge in [0.1, 0.15) is 12.4 Å². The third-order valence-corrected chi connectivity index (χ3v) is 2.49. The van der Waals surface area contributed by atoms with Crippen LogP contribution in [0.3, 0.4) is 0 Å². The Labute approximate surface area is 107 Å². The van der Waals surface area contributed by atoms with Crippen molar-refractivity contribution >= 4 is 6.21 Å². The number of para-hydroxylation sites is 1. The van der Waals surface area contributed by atoms with Crippen molar-refractivity contribution in [2.24, 2.45) is 5.16 Å². The van der Waals surface area contributed by atoms with Gasteiger partial charge in [-0.2, -0.15) is 0 Å². The van der Waals surface area contributed by atoms with Crippen molar-refractivity contribution in [1.29, 1.82) is 0 Å². The first-order chi connectivity index (χ1) is 8.90. The summed E-state index contributed by atoms with van der Waals surface area (Å²) in [6.45, 7) is 0.396. The van der Waals surface area contributed by atoms with E-state index in [0.29, 0.717) is 6.61 Å². The minimum Gasteiger partial charge on any atom is -0.496 e. The van der Waals surface area contributed by atoms with E-state index in [-0.39, 0.29) is 0 Å². The van der Waals surface area contributed by atoms with Crippen LogP contribution in [-0.2, 0) is 11.4 Å². The van der Waals surface area contributed by atoms with Crippen LogP contribution in [0.25, 0.3) is 0 Å². The van der Waals surface area contributed by atoms with Crippen LogP contribution in [0.1, 0.15) is 11.1 Å². The maximum Gasteiger partial charge on any atom is 0.145 e. The molecule has 2 aromatic carbocycles. The van der Waals surface area contributed by atoms with Crippen LogP contribution in [-0.4, -0.2) is 13.3 Å². The highest BCUT2D eigenvalue weighted by Gasteiger charge is 2.00. The van der Waals surface area contributed by atoms with Crippen LogP contribution in [0.4, 0.5) is 0 Å². The van der Waals surface area contributed by atoms with Gasteiger partial charge < -0.3 is 9.57 Å². The number of hydrogen-bond acceptors (Lipinski definition) is 3. The number of methoxy groups -OCH3 is 1. The van der Waals surface area contributed by atoms with Crippen molar-refractivity contribution in [3.63, 3.8) is 0 Å². The van der Waals surface area contributed by atoms with Gasteiger partial charge in [-0.3, -0.25) is 0 Å². The van der Waals surface area contributed by atoms with Gasteiger partial charge in [0.05, 0.1) is 13.3 Å². The summed E-state index contributed by atoms with van der Waals surface area (Å²) in [6, 6.07) is 17.6. The van der Waals surface area contributed by atoms with E-state index in [1.165, 1.54) is 0 Å². The van der Waals surface area contributed by atoms with Gasteiger partial charge in [-0.05, 0) is 11.6 Å². The summed E-state index contributed by atoms with van der Waals surface area (Å²) < 4.78 is 5.23. The molecule has 0 amide bonds. The van der Waals surface area contributed by atoms with E-state index in [1.807, 2.05) is 54.6 Å². The molecule has 18 heavy (non-hydrogen) atoms. The molecule has 0 saturated heterocycles. The molecular formula is C15H15NO2. The highest BCUT2D eigenvalue weighted by atomic mass is 16.6. The Morgan fingerprint density at radius 1 is 1.00 bits per heavy atom. The highest BCUT2D eigenvalue weighted by molar-refractivity contribution is 5.78. The number of hydrogen-bond donors (Lipinski definition) is 0. The molecule has 2 aromatic rings. The SMILES string of the molecule is COc1ccccc1CON=Cc1ccccc1. The molecular weight excluding hydrogens is 226 g/mol. The molecule has 0 aromatic heterocycles. The van der Waals surface area contributed by atoms with Gasteiger partial charge in [-0.15, -0.1) is 0 Å². The fourth-order valence-electron chi connectivity index (χ4n) is 1.57. The Balaban J connectivity index is 1.91. The van der Waals surface area contributed by atoms with Gasteiger partial charge in [0.15, 0.2) is 0 Å². The second kappa shape index (κ2) is 6.45. The van der Waals surface area contributed by atoms with Gasteiger partial charge in [0.2, 0.25) is 0 Å². The molecule has 0 aliphatic heterocycles. The molecule has 92 valence electrons. The zero-order valence-corrected chi connectivity index (χ0v) is 10.2. The smallest absolute Gasteiger partial charge is 0.145 e. The van der Waals surface area contributed by atoms with Crippen molar-refractivity contribution < 1.29 is 9.57 Å². The molecule has 0 spiro atoms. The largest absolute Gasteiger partial charge is 0.496 e. The Morgan fingerprint density at radius 2 is 1.72 bits per heavy atom. The number of oxime groups is 1. The van der Waals surface area contributed by atoms with Gasteiger partial charge in [-0.25, -0.2) is 0 Å². The molecule has 0 bridgehead atoms. The molecule has 0 radical (unpaired) electrons. The Bertz CT molecular complexity index is 509. The third kappa shape index (κ3) is 3.35. The van der Waals surface area contributed by atoms with E-state index < -0.39 is 0 Å². The standard InChI is InChI=1S/C15H15NO2/c1-17-15-10-6-5-9-14(15)12-18-16-11-13-7-3-2-4-8-13/h2-11H,12H2,1H3. The van der Waals surface area contributed by atoms with Crippen molar-refractivity contribution in [3.8, 4) is 5.75 Å². The van der Waals surface area contributed by atoms with E-state index in [0.717, 1.165) is 16.9 Å². The predicted molar refractivity (Wildman–Crippen MR) is 71.8 cm³/mol. The van der Waals surface area contributed by atoms with Crippen LogP contribution < -0.4 is 4.74 Å². The lowest BCUT2D eigenvalue weighted by molar-refractivity contribution is 0.130. The van der Waals surface area contributed by atoms with Crippen LogP contribution in [0.15, 0.2) is 59.8 Å². The normalized spacial score (nSPS) is 10.5. The Morgan fingerprint density at radius 3 is 2.50 bits per heavy atom. The van der Waals surface area contributed by atoms with Crippen molar-refractivity contribution in [2.75, 3.05) is 7.11 Å². The first-order valence-electron chi connectivity index (χ1n) is 5.72. The summed E-state index contributed by atoms with van der Waals surface area (Å²) in [5.41, 5.74) is 1.99. The second-order valence-corrected chi connectivity index (χ2v) is 3.73. The minimum atomic E-state index is 0.396. The Kier molecular flexibility index (Phi) is 4.36. The fraction of sp³-hybridized carbons (Fsp3) is 0.133. The molecule has 3 nitrogen and oxygen atoms in total. The average molecular weight is 241 g/mol. The summed E-state index contributed by atoms with van der Waals surface area (Å²) >= 11 is 0. The average Bonchev–Trinajstić information content (AvgIpc) is 2.45. The van der Waals surface area contributed by atoms with Gasteiger partial charge in [0, 0.05) is 5.56 Å². The van der Waals surface area contributed by atoms with E-state index in [2.05, 4.69) is 5.16 Å². The highest BCUT2D eigenvalue weighted by Crippen LogP contribution is 2.17. The summed E-state index contributed by atoms with van der Waals surface area (Å²) in [4.78, 5) is 5.26. The topological polar surface area (TPSA) is 30.8 Å². The first-order valence-corrected chi connectivity index (χ1v) is 5.72. The molecule has 0 heterocycles. The quantitative estimate of drug-likeness (QED) is 0.594. The lowest BCUT2D eigenvalue weighted by atomic mass is 10.2. The number of benzene rings is 2. The monoisotopic (exact) mass is 241 g/mol. The van der Waals surface area contributed by atoms with Crippen molar-refractivity contribution in [3.05, 3.63) is 65.7 Å². The van der Waals surface area contributed by atoms with E-state index in [9.17, 15) is 0 Å². The lowest BCUT2D eigenvalue weighted by Gasteiger charge is -2.06. The van der Waals surface area contributed by atoms with Crippen LogP contribution in [0, 0.1) is 0 Å². The lowest BCUT2D eigenvalue weighted by Crippen LogP contribution is -1.93. The minimum absolute atomic E-state index is 0.396. The molecule has 0 aliphatic rings. The van der Waals surface area contributed by atoms with E-state index >= 15 is 0 Å². The van der Waals surface area contributed by atoms with E-state index in [4.69, 9.17) is 9.57 Å². The van der Waals surface area contributed by atoms with Gasteiger partial charge in [-0.1, -0.05) is 53.7 Å². The van der Waals surface area contributed by atoms with Gasteiger partial charge >= 0.3 is 0 Å². The molecule has 0 saturated carbocycles. The second-order valence-electron chi connectivity index (χ2n) is 3.73. The Hall–Kier alpha value is -2.29.